The van der Waals surface area contributed by atoms with E-state index in [0.29, 0.717) is 10.8 Å². The van der Waals surface area contributed by atoms with Gasteiger partial charge in [0.15, 0.2) is 0 Å². The van der Waals surface area contributed by atoms with Crippen molar-refractivity contribution in [1.82, 2.24) is 14.9 Å². The Morgan fingerprint density at radius 3 is 3.06 bits per heavy atom. The first-order valence-electron chi connectivity index (χ1n) is 5.02. The molecule has 0 aliphatic heterocycles. The van der Waals surface area contributed by atoms with Crippen molar-refractivity contribution in [3.63, 3.8) is 0 Å². The van der Waals surface area contributed by atoms with E-state index in [4.69, 9.17) is 5.84 Å². The molecule has 1 aromatic heterocycles. The Morgan fingerprint density at radius 2 is 2.39 bits per heavy atom. The summed E-state index contributed by atoms with van der Waals surface area (Å²) >= 11 is 1.18. The number of aromatic hydroxyl groups is 1. The van der Waals surface area contributed by atoms with Gasteiger partial charge in [0.05, 0.1) is 5.75 Å². The number of rotatable bonds is 4. The molecule has 2 rings (SSSR count). The van der Waals surface area contributed by atoms with Gasteiger partial charge in [-0.05, 0) is 12.1 Å². The minimum Gasteiger partial charge on any atom is -0.508 e. The zero-order chi connectivity index (χ0) is 13.0. The molecule has 0 aliphatic carbocycles. The number of carbonyl (C=O) groups is 1. The van der Waals surface area contributed by atoms with Gasteiger partial charge in [0.25, 0.3) is 0 Å². The van der Waals surface area contributed by atoms with Crippen molar-refractivity contribution in [3.8, 4) is 5.75 Å². The molecule has 0 aliphatic rings. The van der Waals surface area contributed by atoms with Crippen LogP contribution >= 0.6 is 11.8 Å². The second-order valence-corrected chi connectivity index (χ2v) is 4.35. The monoisotopic (exact) mass is 265 g/mol. The van der Waals surface area contributed by atoms with E-state index in [-0.39, 0.29) is 17.4 Å². The van der Waals surface area contributed by atoms with Crippen molar-refractivity contribution in [3.05, 3.63) is 30.6 Å². The van der Waals surface area contributed by atoms with E-state index in [9.17, 15) is 9.90 Å². The summed E-state index contributed by atoms with van der Waals surface area (Å²) < 4.78 is 1.24. The van der Waals surface area contributed by atoms with E-state index in [1.165, 1.54) is 34.9 Å². The van der Waals surface area contributed by atoms with Crippen molar-refractivity contribution >= 4 is 23.4 Å². The van der Waals surface area contributed by atoms with Crippen LogP contribution in [0.3, 0.4) is 0 Å². The molecule has 0 fully saturated rings. The molecular weight excluding hydrogens is 254 g/mol. The molecule has 0 saturated carbocycles. The quantitative estimate of drug-likeness (QED) is 0.546. The lowest BCUT2D eigenvalue weighted by molar-refractivity contribution is -0.113. The topological polar surface area (TPSA) is 106 Å². The summed E-state index contributed by atoms with van der Waals surface area (Å²) in [6.07, 6.45) is 1.36. The highest BCUT2D eigenvalue weighted by Crippen LogP contribution is 2.17. The number of phenols is 1. The van der Waals surface area contributed by atoms with Crippen LogP contribution in [0.25, 0.3) is 0 Å². The number of nitrogens with two attached hydrogens (primary N) is 1. The highest BCUT2D eigenvalue weighted by Gasteiger charge is 2.07. The van der Waals surface area contributed by atoms with Gasteiger partial charge in [-0.2, -0.15) is 0 Å². The van der Waals surface area contributed by atoms with Gasteiger partial charge in [-0.25, -0.2) is 4.68 Å². The van der Waals surface area contributed by atoms with E-state index in [2.05, 4.69) is 15.5 Å². The molecule has 4 N–H and O–H groups in total. The van der Waals surface area contributed by atoms with E-state index >= 15 is 0 Å². The van der Waals surface area contributed by atoms with Gasteiger partial charge in [-0.3, -0.25) is 4.79 Å². The van der Waals surface area contributed by atoms with Crippen LogP contribution < -0.4 is 11.2 Å². The Bertz CT molecular complexity index is 557. The smallest absolute Gasteiger partial charge is 0.234 e. The van der Waals surface area contributed by atoms with Crippen LogP contribution in [-0.2, 0) is 4.79 Å². The van der Waals surface area contributed by atoms with Crippen LogP contribution in [0.5, 0.6) is 5.75 Å². The van der Waals surface area contributed by atoms with Crippen LogP contribution in [0.1, 0.15) is 0 Å². The molecule has 18 heavy (non-hydrogen) atoms. The van der Waals surface area contributed by atoms with Crippen LogP contribution in [0.15, 0.2) is 35.7 Å². The number of carbonyl (C=O) groups excluding carboxylic acids is 1. The third kappa shape index (κ3) is 3.14. The number of aromatic nitrogens is 3. The first-order chi connectivity index (χ1) is 8.65. The molecular formula is C10H11N5O2S. The predicted molar refractivity (Wildman–Crippen MR) is 67.6 cm³/mol. The summed E-state index contributed by atoms with van der Waals surface area (Å²) in [5, 5.41) is 19.7. The second kappa shape index (κ2) is 5.41. The Kier molecular flexibility index (Phi) is 3.68. The summed E-state index contributed by atoms with van der Waals surface area (Å²) in [6, 6.07) is 6.33. The summed E-state index contributed by atoms with van der Waals surface area (Å²) in [4.78, 5) is 11.6. The average molecular weight is 265 g/mol. The lowest BCUT2D eigenvalue weighted by Crippen LogP contribution is -2.15. The number of nitrogens with zero attached hydrogens (tertiary/aromatic N) is 3. The molecule has 1 aromatic carbocycles. The fraction of sp³-hybridized carbons (Fsp3) is 0.100. The largest absolute Gasteiger partial charge is 0.508 e. The Labute approximate surface area is 107 Å². The van der Waals surface area contributed by atoms with Crippen LogP contribution in [0.2, 0.25) is 0 Å². The van der Waals surface area contributed by atoms with Crippen molar-refractivity contribution in [2.45, 2.75) is 5.16 Å². The minimum atomic E-state index is -0.214. The number of hydrogen-bond acceptors (Lipinski definition) is 6. The number of nitrogen functional groups attached to an aromatic ring is 1. The van der Waals surface area contributed by atoms with E-state index in [1.807, 2.05) is 0 Å². The van der Waals surface area contributed by atoms with Gasteiger partial charge in [0.1, 0.15) is 12.1 Å². The summed E-state index contributed by atoms with van der Waals surface area (Å²) in [7, 11) is 0. The molecule has 0 unspecified atom stereocenters. The number of nitrogens with one attached hydrogen (secondary N) is 1. The number of thioether (sulfide) groups is 1. The predicted octanol–water partition coefficient (Wildman–Crippen LogP) is 0.428. The first-order valence-corrected chi connectivity index (χ1v) is 6.00. The molecule has 0 bridgehead atoms. The molecule has 1 heterocycles. The lowest BCUT2D eigenvalue weighted by Gasteiger charge is -2.04. The van der Waals surface area contributed by atoms with Crippen LogP contribution in [-0.4, -0.2) is 31.6 Å². The zero-order valence-electron chi connectivity index (χ0n) is 9.28. The maximum absolute atomic E-state index is 11.6. The summed E-state index contributed by atoms with van der Waals surface area (Å²) in [5.74, 6) is 5.55. The van der Waals surface area contributed by atoms with E-state index in [1.54, 1.807) is 12.1 Å². The standard InChI is InChI=1S/C10H11N5O2S/c11-15-6-12-14-10(15)18-5-9(17)13-7-2-1-3-8(16)4-7/h1-4,6,16H,5,11H2,(H,13,17). The van der Waals surface area contributed by atoms with Crippen LogP contribution in [0.4, 0.5) is 5.69 Å². The van der Waals surface area contributed by atoms with Gasteiger partial charge in [-0.1, -0.05) is 17.8 Å². The third-order valence-electron chi connectivity index (χ3n) is 2.00. The minimum absolute atomic E-state index is 0.0992. The maximum atomic E-state index is 11.6. The Balaban J connectivity index is 1.88. The zero-order valence-corrected chi connectivity index (χ0v) is 10.1. The molecule has 2 aromatic rings. The molecule has 94 valence electrons. The second-order valence-electron chi connectivity index (χ2n) is 3.41. The molecule has 1 amide bonds. The summed E-state index contributed by atoms with van der Waals surface area (Å²) in [6.45, 7) is 0. The number of hydrogen-bond donors (Lipinski definition) is 3. The number of amides is 1. The van der Waals surface area contributed by atoms with E-state index in [0.717, 1.165) is 0 Å². The average Bonchev–Trinajstić information content (AvgIpc) is 2.72. The van der Waals surface area contributed by atoms with Crippen LogP contribution in [0, 0.1) is 0 Å². The van der Waals surface area contributed by atoms with Crippen molar-refractivity contribution in [2.24, 2.45) is 0 Å². The molecule has 0 spiro atoms. The normalized spacial score (nSPS) is 10.2. The van der Waals surface area contributed by atoms with Crippen molar-refractivity contribution < 1.29 is 9.90 Å². The lowest BCUT2D eigenvalue weighted by atomic mass is 10.3. The SMILES string of the molecule is Nn1cnnc1SCC(=O)Nc1cccc(O)c1. The van der Waals surface area contributed by atoms with Gasteiger partial charge in [-0.15, -0.1) is 10.2 Å². The molecule has 0 atom stereocenters. The fourth-order valence-electron chi connectivity index (χ4n) is 1.25. The number of anilines is 1. The third-order valence-corrected chi connectivity index (χ3v) is 2.96. The molecule has 0 saturated heterocycles. The molecule has 0 radical (unpaired) electrons. The van der Waals surface area contributed by atoms with Gasteiger partial charge < -0.3 is 16.3 Å². The van der Waals surface area contributed by atoms with Crippen molar-refractivity contribution in [1.29, 1.82) is 0 Å². The van der Waals surface area contributed by atoms with Gasteiger partial charge in [0.2, 0.25) is 11.1 Å². The first kappa shape index (κ1) is 12.2. The molecule has 7 nitrogen and oxygen atoms in total. The van der Waals surface area contributed by atoms with E-state index < -0.39 is 0 Å². The van der Waals surface area contributed by atoms with Crippen molar-refractivity contribution in [2.75, 3.05) is 16.9 Å². The number of benzene rings is 1. The summed E-state index contributed by atoms with van der Waals surface area (Å²) in [5.41, 5.74) is 0.537. The maximum Gasteiger partial charge on any atom is 0.234 e. The molecule has 8 heteroatoms. The fourth-order valence-corrected chi connectivity index (χ4v) is 1.88. The highest BCUT2D eigenvalue weighted by molar-refractivity contribution is 7.99. The highest BCUT2D eigenvalue weighted by atomic mass is 32.2. The Hall–Kier alpha value is -2.22. The van der Waals surface area contributed by atoms with Gasteiger partial charge >= 0.3 is 0 Å². The van der Waals surface area contributed by atoms with Gasteiger partial charge in [0, 0.05) is 11.8 Å². The number of phenolic OH excluding ortho intramolecular Hbond substituents is 1. The Morgan fingerprint density at radius 1 is 1.56 bits per heavy atom.